The summed E-state index contributed by atoms with van der Waals surface area (Å²) in [6.45, 7) is 1.99. The lowest BCUT2D eigenvalue weighted by Crippen LogP contribution is -2.46. The third-order valence-corrected chi connectivity index (χ3v) is 7.04. The summed E-state index contributed by atoms with van der Waals surface area (Å²) in [4.78, 5) is 44.4. The quantitative estimate of drug-likeness (QED) is 0.533. The van der Waals surface area contributed by atoms with Gasteiger partial charge in [-0.3, -0.25) is 9.59 Å². The van der Waals surface area contributed by atoms with Gasteiger partial charge in [-0.1, -0.05) is 19.3 Å². The number of nitrogens with two attached hydrogens (primary N) is 1. The lowest BCUT2D eigenvalue weighted by molar-refractivity contribution is -0.142. The highest BCUT2D eigenvalue weighted by molar-refractivity contribution is 5.96. The van der Waals surface area contributed by atoms with Crippen molar-refractivity contribution in [2.45, 2.75) is 44.9 Å². The topological polar surface area (TPSA) is 125 Å². The Morgan fingerprint density at radius 1 is 1.17 bits per heavy atom. The number of carbonyl (C=O) groups excluding carboxylic acids is 3. The number of ketones is 1. The molecule has 2 aliphatic rings. The van der Waals surface area contributed by atoms with Crippen LogP contribution in [0.3, 0.4) is 0 Å². The minimum absolute atomic E-state index is 0.0356. The van der Waals surface area contributed by atoms with Crippen LogP contribution in [0.1, 0.15) is 55.6 Å². The van der Waals surface area contributed by atoms with Gasteiger partial charge in [0, 0.05) is 31.0 Å². The van der Waals surface area contributed by atoms with Crippen LogP contribution in [0.5, 0.6) is 0 Å². The molecule has 1 saturated heterocycles. The smallest absolute Gasteiger partial charge is 0.404 e. The highest BCUT2D eigenvalue weighted by atomic mass is 19.1. The SMILES string of the molecule is NC(=O)OCCC(CC(C(=O)N1CCOCC1)C1CCCCC1)C(=O)c1nc2ccc(F)cc2o1. The van der Waals surface area contributed by atoms with Crippen LogP contribution in [0.15, 0.2) is 22.6 Å². The first-order valence-electron chi connectivity index (χ1n) is 12.3. The molecule has 9 nitrogen and oxygen atoms in total. The number of fused-ring (bicyclic) bond motifs is 1. The highest BCUT2D eigenvalue weighted by Gasteiger charge is 2.37. The fourth-order valence-corrected chi connectivity index (χ4v) is 5.19. The molecule has 2 atom stereocenters. The van der Waals surface area contributed by atoms with Gasteiger partial charge in [0.1, 0.15) is 11.3 Å². The van der Waals surface area contributed by atoms with Crippen molar-refractivity contribution in [3.63, 3.8) is 0 Å². The van der Waals surface area contributed by atoms with Crippen molar-refractivity contribution in [2.75, 3.05) is 32.9 Å². The van der Waals surface area contributed by atoms with Crippen LogP contribution in [0.25, 0.3) is 11.1 Å². The van der Waals surface area contributed by atoms with Gasteiger partial charge in [0.25, 0.3) is 5.89 Å². The average molecular weight is 490 g/mol. The molecule has 2 amide bonds. The van der Waals surface area contributed by atoms with Crippen molar-refractivity contribution >= 4 is 28.9 Å². The molecule has 0 bridgehead atoms. The van der Waals surface area contributed by atoms with Crippen molar-refractivity contribution in [3.05, 3.63) is 29.9 Å². The molecule has 4 rings (SSSR count). The minimum atomic E-state index is -0.929. The number of morpholine rings is 1. The Bertz CT molecular complexity index is 1040. The predicted molar refractivity (Wildman–Crippen MR) is 124 cm³/mol. The largest absolute Gasteiger partial charge is 0.450 e. The average Bonchev–Trinajstić information content (AvgIpc) is 3.29. The maximum Gasteiger partial charge on any atom is 0.404 e. The molecule has 35 heavy (non-hydrogen) atoms. The Hall–Kier alpha value is -3.01. The molecule has 2 heterocycles. The van der Waals surface area contributed by atoms with E-state index in [1.807, 2.05) is 4.90 Å². The number of halogens is 1. The molecule has 1 aromatic heterocycles. The fraction of sp³-hybridized carbons (Fsp3) is 0.600. The van der Waals surface area contributed by atoms with Crippen LogP contribution < -0.4 is 5.73 Å². The number of hydrogen-bond acceptors (Lipinski definition) is 7. The van der Waals surface area contributed by atoms with E-state index in [0.29, 0.717) is 31.8 Å². The zero-order chi connectivity index (χ0) is 24.8. The van der Waals surface area contributed by atoms with Crippen molar-refractivity contribution in [3.8, 4) is 0 Å². The van der Waals surface area contributed by atoms with E-state index in [0.717, 1.165) is 32.1 Å². The number of Topliss-reactive ketones (excluding diaryl/α,β-unsaturated/α-hetero) is 1. The van der Waals surface area contributed by atoms with E-state index in [4.69, 9.17) is 19.6 Å². The molecule has 1 aromatic carbocycles. The number of aromatic nitrogens is 1. The molecule has 2 fully saturated rings. The van der Waals surface area contributed by atoms with Crippen LogP contribution in [0.4, 0.5) is 9.18 Å². The van der Waals surface area contributed by atoms with Crippen LogP contribution in [0.2, 0.25) is 0 Å². The van der Waals surface area contributed by atoms with Gasteiger partial charge < -0.3 is 24.5 Å². The van der Waals surface area contributed by atoms with E-state index in [9.17, 15) is 18.8 Å². The van der Waals surface area contributed by atoms with Crippen LogP contribution in [-0.4, -0.2) is 60.6 Å². The summed E-state index contributed by atoms with van der Waals surface area (Å²) in [7, 11) is 0. The Labute approximate surface area is 203 Å². The third kappa shape index (κ3) is 6.36. The Morgan fingerprint density at radius 3 is 2.63 bits per heavy atom. The monoisotopic (exact) mass is 489 g/mol. The number of carbonyl (C=O) groups is 3. The normalized spacial score (nSPS) is 18.8. The van der Waals surface area contributed by atoms with Gasteiger partial charge in [0.05, 0.1) is 19.8 Å². The van der Waals surface area contributed by atoms with Crippen molar-refractivity contribution in [2.24, 2.45) is 23.5 Å². The number of nitrogens with zero attached hydrogens (tertiary/aromatic N) is 2. The fourth-order valence-electron chi connectivity index (χ4n) is 5.19. The highest BCUT2D eigenvalue weighted by Crippen LogP contribution is 2.36. The molecular formula is C25H32FN3O6. The summed E-state index contributed by atoms with van der Waals surface area (Å²) in [6, 6.07) is 3.87. The summed E-state index contributed by atoms with van der Waals surface area (Å²) in [5, 5.41) is 0. The van der Waals surface area contributed by atoms with Gasteiger partial charge in [0.2, 0.25) is 11.7 Å². The lowest BCUT2D eigenvalue weighted by Gasteiger charge is -2.36. The zero-order valence-corrected chi connectivity index (χ0v) is 19.7. The number of oxazole rings is 1. The molecular weight excluding hydrogens is 457 g/mol. The van der Waals surface area contributed by atoms with Crippen LogP contribution >= 0.6 is 0 Å². The third-order valence-electron chi connectivity index (χ3n) is 7.04. The molecule has 190 valence electrons. The summed E-state index contributed by atoms with van der Waals surface area (Å²) < 4.78 is 29.5. The van der Waals surface area contributed by atoms with Gasteiger partial charge in [-0.25, -0.2) is 14.2 Å². The van der Waals surface area contributed by atoms with Crippen molar-refractivity contribution < 1.29 is 32.7 Å². The van der Waals surface area contributed by atoms with E-state index in [-0.39, 0.29) is 48.7 Å². The maximum atomic E-state index is 13.6. The van der Waals surface area contributed by atoms with Gasteiger partial charge >= 0.3 is 6.09 Å². The molecule has 2 N–H and O–H groups in total. The number of ether oxygens (including phenoxy) is 2. The standard InChI is InChI=1S/C25H32FN3O6/c26-18-6-7-20-21(15-18)35-23(28-20)22(30)17(8-11-34-25(27)32)14-19(16-4-2-1-3-5-16)24(31)29-9-12-33-13-10-29/h6-7,15-17,19H,1-5,8-14H2,(H2,27,32). The molecule has 0 radical (unpaired) electrons. The first-order chi connectivity index (χ1) is 16.9. The molecule has 1 aliphatic heterocycles. The Morgan fingerprint density at radius 2 is 1.91 bits per heavy atom. The molecule has 10 heteroatoms. The molecule has 2 aromatic rings. The second-order valence-corrected chi connectivity index (χ2v) is 9.33. The summed E-state index contributed by atoms with van der Waals surface area (Å²) >= 11 is 0. The number of benzene rings is 1. The predicted octanol–water partition coefficient (Wildman–Crippen LogP) is 3.70. The van der Waals surface area contributed by atoms with Gasteiger partial charge in [-0.05, 0) is 43.7 Å². The second kappa shape index (κ2) is 11.6. The molecule has 0 spiro atoms. The Balaban J connectivity index is 1.59. The first kappa shape index (κ1) is 25.1. The van der Waals surface area contributed by atoms with Crippen molar-refractivity contribution in [1.29, 1.82) is 0 Å². The summed E-state index contributed by atoms with van der Waals surface area (Å²) in [5.41, 5.74) is 5.66. The van der Waals surface area contributed by atoms with Gasteiger partial charge in [-0.2, -0.15) is 0 Å². The van der Waals surface area contributed by atoms with Crippen LogP contribution in [-0.2, 0) is 14.3 Å². The van der Waals surface area contributed by atoms with E-state index >= 15 is 0 Å². The van der Waals surface area contributed by atoms with Gasteiger partial charge in [0.15, 0.2) is 5.58 Å². The van der Waals surface area contributed by atoms with Crippen molar-refractivity contribution in [1.82, 2.24) is 9.88 Å². The van der Waals surface area contributed by atoms with E-state index in [1.165, 1.54) is 18.2 Å². The number of primary amides is 1. The zero-order valence-electron chi connectivity index (χ0n) is 19.7. The molecule has 1 aliphatic carbocycles. The number of hydrogen-bond donors (Lipinski definition) is 1. The van der Waals surface area contributed by atoms with Crippen LogP contribution in [0, 0.1) is 23.6 Å². The van der Waals surface area contributed by atoms with E-state index in [2.05, 4.69) is 4.98 Å². The second-order valence-electron chi connectivity index (χ2n) is 9.33. The number of rotatable bonds is 9. The maximum absolute atomic E-state index is 13.6. The summed E-state index contributed by atoms with van der Waals surface area (Å²) in [6.07, 6.45) is 4.65. The van der Waals surface area contributed by atoms with Gasteiger partial charge in [-0.15, -0.1) is 0 Å². The Kier molecular flexibility index (Phi) is 8.33. The lowest BCUT2D eigenvalue weighted by atomic mass is 9.74. The first-order valence-corrected chi connectivity index (χ1v) is 12.3. The summed E-state index contributed by atoms with van der Waals surface area (Å²) in [5.74, 6) is -1.85. The van der Waals surface area contributed by atoms with E-state index in [1.54, 1.807) is 0 Å². The molecule has 2 unspecified atom stereocenters. The molecule has 1 saturated carbocycles. The number of amides is 2. The minimum Gasteiger partial charge on any atom is -0.450 e. The van der Waals surface area contributed by atoms with E-state index < -0.39 is 23.6 Å².